The maximum Gasteiger partial charge on any atom is 0.305 e. The van der Waals surface area contributed by atoms with Gasteiger partial charge in [-0.05, 0) is 37.6 Å². The molecule has 0 bridgehead atoms. The molecule has 0 saturated carbocycles. The minimum atomic E-state index is -0.951. The number of likely N-dealkylation sites (tertiary alicyclic amines) is 1. The zero-order valence-corrected chi connectivity index (χ0v) is 15.5. The predicted molar refractivity (Wildman–Crippen MR) is 95.1 cm³/mol. The molecule has 1 aromatic carbocycles. The number of benzene rings is 1. The van der Waals surface area contributed by atoms with E-state index in [9.17, 15) is 9.59 Å². The minimum Gasteiger partial charge on any atom is -0.497 e. The van der Waals surface area contributed by atoms with Gasteiger partial charge in [0.2, 0.25) is 0 Å². The van der Waals surface area contributed by atoms with Crippen LogP contribution < -0.4 is 4.74 Å². The standard InChI is InChI=1S/C18H22N4O5/c1-11-17(19-20-22(11)12-4-6-14(26-2)7-5-12)18(25)21-10-15(27-3)8-13(21)9-16(23)24/h4-7,13,15H,8-10H2,1-3H3,(H,23,24). The summed E-state index contributed by atoms with van der Waals surface area (Å²) in [4.78, 5) is 25.7. The molecule has 1 aromatic heterocycles. The quantitative estimate of drug-likeness (QED) is 0.812. The van der Waals surface area contributed by atoms with Crippen molar-refractivity contribution in [2.24, 2.45) is 0 Å². The summed E-state index contributed by atoms with van der Waals surface area (Å²) in [6, 6.07) is 6.80. The zero-order valence-electron chi connectivity index (χ0n) is 15.5. The van der Waals surface area contributed by atoms with Crippen LogP contribution in [0.15, 0.2) is 24.3 Å². The second kappa shape index (κ2) is 7.75. The lowest BCUT2D eigenvalue weighted by molar-refractivity contribution is -0.138. The van der Waals surface area contributed by atoms with Crippen LogP contribution >= 0.6 is 0 Å². The Bertz CT molecular complexity index is 833. The van der Waals surface area contributed by atoms with Crippen LogP contribution in [-0.4, -0.2) is 69.8 Å². The Hall–Kier alpha value is -2.94. The number of nitrogens with zero attached hydrogens (tertiary/aromatic N) is 4. The second-order valence-corrected chi connectivity index (χ2v) is 6.44. The van der Waals surface area contributed by atoms with Crippen LogP contribution in [0.25, 0.3) is 5.69 Å². The van der Waals surface area contributed by atoms with Gasteiger partial charge >= 0.3 is 5.97 Å². The third-order valence-corrected chi connectivity index (χ3v) is 4.79. The highest BCUT2D eigenvalue weighted by Gasteiger charge is 2.38. The molecule has 0 radical (unpaired) electrons. The molecule has 2 unspecified atom stereocenters. The van der Waals surface area contributed by atoms with Crippen LogP contribution in [0.1, 0.15) is 29.0 Å². The summed E-state index contributed by atoms with van der Waals surface area (Å²) in [6.07, 6.45) is 0.174. The van der Waals surface area contributed by atoms with E-state index in [1.807, 2.05) is 12.1 Å². The molecule has 0 spiro atoms. The van der Waals surface area contributed by atoms with Gasteiger partial charge < -0.3 is 19.5 Å². The first-order valence-corrected chi connectivity index (χ1v) is 8.56. The average molecular weight is 374 g/mol. The van der Waals surface area contributed by atoms with Crippen molar-refractivity contribution in [2.45, 2.75) is 31.9 Å². The monoisotopic (exact) mass is 374 g/mol. The minimum absolute atomic E-state index is 0.128. The van der Waals surface area contributed by atoms with E-state index in [1.165, 1.54) is 4.90 Å². The number of ether oxygens (including phenoxy) is 2. The number of carboxylic acids is 1. The van der Waals surface area contributed by atoms with Crippen LogP contribution in [0, 0.1) is 6.92 Å². The summed E-state index contributed by atoms with van der Waals surface area (Å²) in [7, 11) is 3.14. The van der Waals surface area contributed by atoms with Crippen LogP contribution in [0.2, 0.25) is 0 Å². The molecule has 144 valence electrons. The summed E-state index contributed by atoms with van der Waals surface area (Å²) >= 11 is 0. The van der Waals surface area contributed by atoms with E-state index in [0.29, 0.717) is 24.4 Å². The van der Waals surface area contributed by atoms with Gasteiger partial charge in [0.15, 0.2) is 5.69 Å². The maximum atomic E-state index is 13.0. The number of carboxylic acid groups (broad SMARTS) is 1. The van der Waals surface area contributed by atoms with E-state index in [4.69, 9.17) is 14.6 Å². The number of hydrogen-bond acceptors (Lipinski definition) is 6. The first-order chi connectivity index (χ1) is 12.9. The fraction of sp³-hybridized carbons (Fsp3) is 0.444. The van der Waals surface area contributed by atoms with Gasteiger partial charge in [-0.15, -0.1) is 5.10 Å². The molecule has 27 heavy (non-hydrogen) atoms. The summed E-state index contributed by atoms with van der Waals surface area (Å²) in [5.41, 5.74) is 1.54. The van der Waals surface area contributed by atoms with Crippen molar-refractivity contribution in [3.05, 3.63) is 35.7 Å². The number of methoxy groups -OCH3 is 2. The fourth-order valence-electron chi connectivity index (χ4n) is 3.32. The molecule has 3 rings (SSSR count). The predicted octanol–water partition coefficient (Wildman–Crippen LogP) is 1.29. The number of aliphatic carboxylic acids is 1. The van der Waals surface area contributed by atoms with E-state index in [2.05, 4.69) is 10.3 Å². The molecule has 2 aromatic rings. The van der Waals surface area contributed by atoms with Gasteiger partial charge in [0.25, 0.3) is 5.91 Å². The van der Waals surface area contributed by atoms with E-state index in [-0.39, 0.29) is 24.1 Å². The Morgan fingerprint density at radius 2 is 1.96 bits per heavy atom. The molecular weight excluding hydrogens is 352 g/mol. The van der Waals surface area contributed by atoms with Gasteiger partial charge in [-0.2, -0.15) is 0 Å². The fourth-order valence-corrected chi connectivity index (χ4v) is 3.32. The molecular formula is C18H22N4O5. The van der Waals surface area contributed by atoms with Crippen molar-refractivity contribution in [3.8, 4) is 11.4 Å². The Kier molecular flexibility index (Phi) is 5.41. The average Bonchev–Trinajstić information content (AvgIpc) is 3.24. The lowest BCUT2D eigenvalue weighted by atomic mass is 10.1. The van der Waals surface area contributed by atoms with Gasteiger partial charge in [-0.3, -0.25) is 9.59 Å². The van der Waals surface area contributed by atoms with Crippen molar-refractivity contribution < 1.29 is 24.2 Å². The van der Waals surface area contributed by atoms with Gasteiger partial charge in [-0.25, -0.2) is 4.68 Å². The number of amides is 1. The summed E-state index contributed by atoms with van der Waals surface area (Å²) < 4.78 is 12.0. The lowest BCUT2D eigenvalue weighted by Gasteiger charge is -2.22. The third kappa shape index (κ3) is 3.77. The summed E-state index contributed by atoms with van der Waals surface area (Å²) in [6.45, 7) is 2.09. The number of carbonyl (C=O) groups excluding carboxylic acids is 1. The molecule has 2 atom stereocenters. The Morgan fingerprint density at radius 3 is 2.56 bits per heavy atom. The smallest absolute Gasteiger partial charge is 0.305 e. The largest absolute Gasteiger partial charge is 0.497 e. The number of aromatic nitrogens is 3. The van der Waals surface area contributed by atoms with E-state index in [1.54, 1.807) is 38.0 Å². The second-order valence-electron chi connectivity index (χ2n) is 6.44. The lowest BCUT2D eigenvalue weighted by Crippen LogP contribution is -2.38. The van der Waals surface area contributed by atoms with Gasteiger partial charge in [0.1, 0.15) is 5.75 Å². The van der Waals surface area contributed by atoms with Crippen molar-refractivity contribution in [3.63, 3.8) is 0 Å². The van der Waals surface area contributed by atoms with Crippen LogP contribution in [0.4, 0.5) is 0 Å². The molecule has 9 heteroatoms. The zero-order chi connectivity index (χ0) is 19.6. The first-order valence-electron chi connectivity index (χ1n) is 8.56. The van der Waals surface area contributed by atoms with Crippen LogP contribution in [-0.2, 0) is 9.53 Å². The topological polar surface area (TPSA) is 107 Å². The number of carbonyl (C=O) groups is 2. The highest BCUT2D eigenvalue weighted by Crippen LogP contribution is 2.25. The highest BCUT2D eigenvalue weighted by molar-refractivity contribution is 5.94. The molecule has 2 heterocycles. The third-order valence-electron chi connectivity index (χ3n) is 4.79. The summed E-state index contributed by atoms with van der Waals surface area (Å²) in [5.74, 6) is -0.571. The van der Waals surface area contributed by atoms with Crippen LogP contribution in [0.3, 0.4) is 0 Å². The first kappa shape index (κ1) is 18.8. The van der Waals surface area contributed by atoms with E-state index < -0.39 is 12.0 Å². The van der Waals surface area contributed by atoms with Gasteiger partial charge in [0, 0.05) is 19.7 Å². The molecule has 1 saturated heterocycles. The van der Waals surface area contributed by atoms with Crippen molar-refractivity contribution in [2.75, 3.05) is 20.8 Å². The maximum absolute atomic E-state index is 13.0. The van der Waals surface area contributed by atoms with Crippen molar-refractivity contribution in [1.29, 1.82) is 0 Å². The Labute approximate surface area is 156 Å². The van der Waals surface area contributed by atoms with E-state index >= 15 is 0 Å². The van der Waals surface area contributed by atoms with E-state index in [0.717, 1.165) is 5.69 Å². The molecule has 0 aliphatic carbocycles. The Balaban J connectivity index is 1.86. The molecule has 9 nitrogen and oxygen atoms in total. The van der Waals surface area contributed by atoms with Crippen molar-refractivity contribution in [1.82, 2.24) is 19.9 Å². The Morgan fingerprint density at radius 1 is 1.26 bits per heavy atom. The summed E-state index contributed by atoms with van der Waals surface area (Å²) in [5, 5.41) is 17.3. The molecule has 1 N–H and O–H groups in total. The highest BCUT2D eigenvalue weighted by atomic mass is 16.5. The van der Waals surface area contributed by atoms with Crippen molar-refractivity contribution >= 4 is 11.9 Å². The molecule has 1 aliphatic rings. The normalized spacial score (nSPS) is 19.3. The van der Waals surface area contributed by atoms with Crippen LogP contribution in [0.5, 0.6) is 5.75 Å². The molecule has 1 amide bonds. The van der Waals surface area contributed by atoms with Gasteiger partial charge in [-0.1, -0.05) is 5.21 Å². The SMILES string of the molecule is COc1ccc(-n2nnc(C(=O)N3CC(OC)CC3CC(=O)O)c2C)cc1. The number of hydrogen-bond donors (Lipinski definition) is 1. The molecule has 1 fully saturated rings. The van der Waals surface area contributed by atoms with Gasteiger partial charge in [0.05, 0.1) is 31.0 Å². The molecule has 1 aliphatic heterocycles. The number of rotatable bonds is 6.